The fourth-order valence-corrected chi connectivity index (χ4v) is 3.89. The lowest BCUT2D eigenvalue weighted by atomic mass is 9.92. The normalized spacial score (nSPS) is 41.1. The van der Waals surface area contributed by atoms with E-state index in [0.717, 1.165) is 31.2 Å². The molecule has 0 radical (unpaired) electrons. The van der Waals surface area contributed by atoms with E-state index in [9.17, 15) is 0 Å². The molecule has 98 valence electrons. The molecule has 0 aromatic carbocycles. The topological polar surface area (TPSA) is 15.7 Å². The average Bonchev–Trinajstić information content (AvgIpc) is 2.39. The molecule has 0 aliphatic carbocycles. The van der Waals surface area contributed by atoms with E-state index < -0.39 is 0 Å². The van der Waals surface area contributed by atoms with Crippen molar-refractivity contribution in [1.29, 1.82) is 0 Å². The van der Waals surface area contributed by atoms with Crippen molar-refractivity contribution in [3.8, 4) is 0 Å². The zero-order valence-electron chi connectivity index (χ0n) is 11.1. The molecule has 3 atom stereocenters. The molecule has 0 bridgehead atoms. The Bertz CT molecular complexity index is 259. The molecular weight excluding hydrogens is 212 g/mol. The second-order valence-corrected chi connectivity index (χ2v) is 6.09. The van der Waals surface area contributed by atoms with Gasteiger partial charge in [0, 0.05) is 38.3 Å². The largest absolute Gasteiger partial charge is 0.381 e. The standard InChI is InChI=1S/C14H26N2O/c1-12-11-17-9-5-14(12)16-8-7-15-6-3-2-4-13(15)10-16/h12-14H,2-11H2,1H3. The van der Waals surface area contributed by atoms with E-state index in [1.54, 1.807) is 0 Å². The molecule has 0 saturated carbocycles. The van der Waals surface area contributed by atoms with Gasteiger partial charge in [0.2, 0.25) is 0 Å². The van der Waals surface area contributed by atoms with Crippen LogP contribution in [0.1, 0.15) is 32.6 Å². The van der Waals surface area contributed by atoms with Gasteiger partial charge < -0.3 is 4.74 Å². The maximum atomic E-state index is 5.57. The molecule has 3 saturated heterocycles. The van der Waals surface area contributed by atoms with Crippen molar-refractivity contribution in [2.45, 2.75) is 44.7 Å². The number of nitrogens with zero attached hydrogens (tertiary/aromatic N) is 2. The Hall–Kier alpha value is -0.120. The number of piperazine rings is 1. The number of piperidine rings is 1. The Morgan fingerprint density at radius 2 is 1.88 bits per heavy atom. The Kier molecular flexibility index (Phi) is 3.69. The average molecular weight is 238 g/mol. The summed E-state index contributed by atoms with van der Waals surface area (Å²) in [5.74, 6) is 0.721. The van der Waals surface area contributed by atoms with Crippen molar-refractivity contribution in [2.24, 2.45) is 5.92 Å². The molecule has 3 fully saturated rings. The van der Waals surface area contributed by atoms with Gasteiger partial charge in [-0.15, -0.1) is 0 Å². The molecule has 0 N–H and O–H groups in total. The molecule has 3 heterocycles. The zero-order valence-corrected chi connectivity index (χ0v) is 11.1. The summed E-state index contributed by atoms with van der Waals surface area (Å²) >= 11 is 0. The summed E-state index contributed by atoms with van der Waals surface area (Å²) < 4.78 is 5.57. The number of fused-ring (bicyclic) bond motifs is 1. The van der Waals surface area contributed by atoms with E-state index in [1.807, 2.05) is 0 Å². The van der Waals surface area contributed by atoms with Crippen LogP contribution in [-0.4, -0.2) is 61.3 Å². The third-order valence-corrected chi connectivity index (χ3v) is 4.93. The van der Waals surface area contributed by atoms with E-state index in [0.29, 0.717) is 0 Å². The highest BCUT2D eigenvalue weighted by Crippen LogP contribution is 2.26. The predicted octanol–water partition coefficient (Wildman–Crippen LogP) is 1.58. The number of rotatable bonds is 1. The summed E-state index contributed by atoms with van der Waals surface area (Å²) in [7, 11) is 0. The summed E-state index contributed by atoms with van der Waals surface area (Å²) in [6.07, 6.45) is 5.53. The Morgan fingerprint density at radius 3 is 2.76 bits per heavy atom. The van der Waals surface area contributed by atoms with Crippen LogP contribution < -0.4 is 0 Å². The van der Waals surface area contributed by atoms with E-state index >= 15 is 0 Å². The van der Waals surface area contributed by atoms with Gasteiger partial charge in [-0.2, -0.15) is 0 Å². The highest BCUT2D eigenvalue weighted by atomic mass is 16.5. The second kappa shape index (κ2) is 5.25. The third-order valence-electron chi connectivity index (χ3n) is 4.93. The fraction of sp³-hybridized carbons (Fsp3) is 1.00. The molecule has 3 nitrogen and oxygen atoms in total. The lowest BCUT2D eigenvalue weighted by Gasteiger charge is -2.48. The minimum absolute atomic E-state index is 0.721. The highest BCUT2D eigenvalue weighted by Gasteiger charge is 2.34. The maximum Gasteiger partial charge on any atom is 0.0506 e. The van der Waals surface area contributed by atoms with E-state index in [2.05, 4.69) is 16.7 Å². The Morgan fingerprint density at radius 1 is 1.00 bits per heavy atom. The van der Waals surface area contributed by atoms with Crippen LogP contribution >= 0.6 is 0 Å². The van der Waals surface area contributed by atoms with Gasteiger partial charge in [-0.25, -0.2) is 0 Å². The van der Waals surface area contributed by atoms with Crippen molar-refractivity contribution in [3.63, 3.8) is 0 Å². The molecule has 3 heteroatoms. The van der Waals surface area contributed by atoms with Crippen LogP contribution in [0.5, 0.6) is 0 Å². The van der Waals surface area contributed by atoms with Gasteiger partial charge in [0.1, 0.15) is 0 Å². The van der Waals surface area contributed by atoms with Gasteiger partial charge in [0.15, 0.2) is 0 Å². The van der Waals surface area contributed by atoms with Crippen LogP contribution in [0.15, 0.2) is 0 Å². The van der Waals surface area contributed by atoms with Gasteiger partial charge in [-0.3, -0.25) is 9.80 Å². The molecule has 0 spiro atoms. The van der Waals surface area contributed by atoms with Gasteiger partial charge >= 0.3 is 0 Å². The van der Waals surface area contributed by atoms with E-state index in [4.69, 9.17) is 4.74 Å². The van der Waals surface area contributed by atoms with Crippen molar-refractivity contribution in [2.75, 3.05) is 39.4 Å². The van der Waals surface area contributed by atoms with E-state index in [-0.39, 0.29) is 0 Å². The van der Waals surface area contributed by atoms with Gasteiger partial charge in [0.05, 0.1) is 6.61 Å². The summed E-state index contributed by atoms with van der Waals surface area (Å²) in [6, 6.07) is 1.64. The Labute approximate surface area is 105 Å². The third kappa shape index (κ3) is 2.51. The lowest BCUT2D eigenvalue weighted by Crippen LogP contribution is -2.59. The number of ether oxygens (including phenoxy) is 1. The summed E-state index contributed by atoms with van der Waals surface area (Å²) in [5, 5.41) is 0. The van der Waals surface area contributed by atoms with Crippen LogP contribution in [0.2, 0.25) is 0 Å². The summed E-state index contributed by atoms with van der Waals surface area (Å²) in [4.78, 5) is 5.49. The zero-order chi connectivity index (χ0) is 11.7. The molecule has 0 aromatic rings. The fourth-order valence-electron chi connectivity index (χ4n) is 3.89. The number of hydrogen-bond donors (Lipinski definition) is 0. The van der Waals surface area contributed by atoms with Crippen LogP contribution in [-0.2, 0) is 4.74 Å². The second-order valence-electron chi connectivity index (χ2n) is 6.09. The highest BCUT2D eigenvalue weighted by molar-refractivity contribution is 4.90. The summed E-state index contributed by atoms with van der Waals surface area (Å²) in [5.41, 5.74) is 0. The molecule has 17 heavy (non-hydrogen) atoms. The first-order valence-corrected chi connectivity index (χ1v) is 7.40. The molecule has 3 aliphatic rings. The van der Waals surface area contributed by atoms with Gasteiger partial charge in [-0.05, 0) is 31.7 Å². The first-order valence-electron chi connectivity index (χ1n) is 7.40. The number of hydrogen-bond acceptors (Lipinski definition) is 3. The SMILES string of the molecule is CC1COCCC1N1CCN2CCCCC2C1. The molecular formula is C14H26N2O. The van der Waals surface area contributed by atoms with Gasteiger partial charge in [-0.1, -0.05) is 13.3 Å². The molecule has 0 amide bonds. The van der Waals surface area contributed by atoms with Crippen LogP contribution in [0, 0.1) is 5.92 Å². The summed E-state index contributed by atoms with van der Waals surface area (Å²) in [6.45, 7) is 9.55. The maximum absolute atomic E-state index is 5.57. The van der Waals surface area contributed by atoms with Crippen molar-refractivity contribution < 1.29 is 4.74 Å². The predicted molar refractivity (Wildman–Crippen MR) is 69.2 cm³/mol. The first kappa shape index (κ1) is 11.9. The van der Waals surface area contributed by atoms with Crippen LogP contribution in [0.25, 0.3) is 0 Å². The molecule has 3 rings (SSSR count). The molecule has 3 aliphatic heterocycles. The van der Waals surface area contributed by atoms with Gasteiger partial charge in [0.25, 0.3) is 0 Å². The minimum atomic E-state index is 0.721. The van der Waals surface area contributed by atoms with Crippen LogP contribution in [0.3, 0.4) is 0 Å². The van der Waals surface area contributed by atoms with E-state index in [1.165, 1.54) is 51.9 Å². The van der Waals surface area contributed by atoms with Crippen molar-refractivity contribution in [1.82, 2.24) is 9.80 Å². The lowest BCUT2D eigenvalue weighted by molar-refractivity contribution is -0.0404. The monoisotopic (exact) mass is 238 g/mol. The smallest absolute Gasteiger partial charge is 0.0506 e. The minimum Gasteiger partial charge on any atom is -0.381 e. The van der Waals surface area contributed by atoms with Crippen molar-refractivity contribution >= 4 is 0 Å². The molecule has 3 unspecified atom stereocenters. The Balaban J connectivity index is 1.60. The quantitative estimate of drug-likeness (QED) is 0.690. The van der Waals surface area contributed by atoms with Crippen LogP contribution in [0.4, 0.5) is 0 Å². The van der Waals surface area contributed by atoms with Crippen molar-refractivity contribution in [3.05, 3.63) is 0 Å². The molecule has 0 aromatic heterocycles. The first-order chi connectivity index (χ1) is 8.34.